The molecule has 96 valence electrons. The van der Waals surface area contributed by atoms with Gasteiger partial charge in [-0.2, -0.15) is 5.26 Å². The Labute approximate surface area is 109 Å². The van der Waals surface area contributed by atoms with Gasteiger partial charge in [-0.05, 0) is 38.8 Å². The predicted molar refractivity (Wildman–Crippen MR) is 71.5 cm³/mol. The fraction of sp³-hybridized carbons (Fsp3) is 0.533. The third kappa shape index (κ3) is 3.75. The number of benzene rings is 1. The molecule has 0 amide bonds. The lowest BCUT2D eigenvalue weighted by Crippen LogP contribution is -2.43. The first-order chi connectivity index (χ1) is 8.61. The predicted octanol–water partition coefficient (Wildman–Crippen LogP) is 2.80. The van der Waals surface area contributed by atoms with E-state index in [-0.39, 0.29) is 0 Å². The van der Waals surface area contributed by atoms with Gasteiger partial charge in [0.1, 0.15) is 11.3 Å². The van der Waals surface area contributed by atoms with Gasteiger partial charge in [-0.3, -0.25) is 5.32 Å². The Hall–Kier alpha value is -1.53. The Balaban J connectivity index is 1.79. The molecule has 0 radical (unpaired) electrons. The number of aryl methyl sites for hydroxylation is 1. The zero-order valence-corrected chi connectivity index (χ0v) is 11.1. The maximum Gasteiger partial charge on any atom is 0.119 e. The van der Waals surface area contributed by atoms with E-state index in [2.05, 4.69) is 18.3 Å². The van der Waals surface area contributed by atoms with E-state index >= 15 is 0 Å². The summed E-state index contributed by atoms with van der Waals surface area (Å²) in [4.78, 5) is 0. The lowest BCUT2D eigenvalue weighted by molar-refractivity contribution is 0.266. The van der Waals surface area contributed by atoms with E-state index in [0.29, 0.717) is 19.1 Å². The van der Waals surface area contributed by atoms with Crippen molar-refractivity contribution in [3.63, 3.8) is 0 Å². The molecule has 1 N–H and O–H groups in total. The number of ether oxygens (including phenoxy) is 1. The maximum absolute atomic E-state index is 9.23. The molecule has 0 spiro atoms. The summed E-state index contributed by atoms with van der Waals surface area (Å²) in [6.45, 7) is 4.56. The summed E-state index contributed by atoms with van der Waals surface area (Å²) in [6.07, 6.45) is 3.08. The Morgan fingerprint density at radius 2 is 2.06 bits per heavy atom. The second-order valence-electron chi connectivity index (χ2n) is 5.27. The van der Waals surface area contributed by atoms with Crippen LogP contribution in [0, 0.1) is 18.3 Å². The van der Waals surface area contributed by atoms with Crippen LogP contribution in [0.1, 0.15) is 31.7 Å². The van der Waals surface area contributed by atoms with Crippen molar-refractivity contribution in [3.8, 4) is 11.8 Å². The molecule has 1 atom stereocenters. The Morgan fingerprint density at radius 1 is 1.39 bits per heavy atom. The van der Waals surface area contributed by atoms with Gasteiger partial charge in [0.05, 0.1) is 12.7 Å². The highest BCUT2D eigenvalue weighted by molar-refractivity contribution is 5.26. The van der Waals surface area contributed by atoms with Crippen molar-refractivity contribution in [2.75, 3.05) is 6.61 Å². The molecule has 0 saturated heterocycles. The van der Waals surface area contributed by atoms with Gasteiger partial charge in [-0.15, -0.1) is 0 Å². The molecule has 0 aliphatic heterocycles. The fourth-order valence-corrected chi connectivity index (χ4v) is 1.85. The molecule has 1 fully saturated rings. The van der Waals surface area contributed by atoms with E-state index in [4.69, 9.17) is 4.74 Å². The highest BCUT2D eigenvalue weighted by Gasteiger charge is 2.32. The summed E-state index contributed by atoms with van der Waals surface area (Å²) in [7, 11) is 0. The summed E-state index contributed by atoms with van der Waals surface area (Å²) in [5, 5.41) is 12.6. The molecule has 2 rings (SSSR count). The summed E-state index contributed by atoms with van der Waals surface area (Å²) >= 11 is 0. The molecule has 0 heterocycles. The van der Waals surface area contributed by atoms with E-state index in [1.165, 1.54) is 18.4 Å². The zero-order valence-electron chi connectivity index (χ0n) is 11.1. The topological polar surface area (TPSA) is 45.0 Å². The van der Waals surface area contributed by atoms with Crippen molar-refractivity contribution in [2.45, 2.75) is 44.7 Å². The van der Waals surface area contributed by atoms with Crippen LogP contribution in [-0.4, -0.2) is 18.2 Å². The van der Waals surface area contributed by atoms with Gasteiger partial charge in [-0.25, -0.2) is 0 Å². The molecule has 18 heavy (non-hydrogen) atoms. The smallest absolute Gasteiger partial charge is 0.119 e. The number of nitriles is 1. The standard InChI is InChI=1S/C15H20N2O/c1-12-3-7-14(8-4-12)18-10-9-15(2,11-16)17-13-5-6-13/h3-4,7-8,13,17H,5-6,9-10H2,1-2H3. The van der Waals surface area contributed by atoms with Crippen molar-refractivity contribution in [1.29, 1.82) is 5.26 Å². The molecule has 1 aromatic rings. The Morgan fingerprint density at radius 3 is 2.61 bits per heavy atom. The van der Waals surface area contributed by atoms with Crippen molar-refractivity contribution in [2.24, 2.45) is 0 Å². The molecular formula is C15H20N2O. The van der Waals surface area contributed by atoms with Crippen LogP contribution >= 0.6 is 0 Å². The minimum Gasteiger partial charge on any atom is -0.493 e. The highest BCUT2D eigenvalue weighted by atomic mass is 16.5. The minimum absolute atomic E-state index is 0.466. The van der Waals surface area contributed by atoms with Crippen molar-refractivity contribution in [1.82, 2.24) is 5.32 Å². The molecule has 0 bridgehead atoms. The monoisotopic (exact) mass is 244 g/mol. The Bertz CT molecular complexity index is 431. The van der Waals surface area contributed by atoms with Crippen molar-refractivity contribution < 1.29 is 4.74 Å². The van der Waals surface area contributed by atoms with Crippen LogP contribution in [0.15, 0.2) is 24.3 Å². The largest absolute Gasteiger partial charge is 0.493 e. The van der Waals surface area contributed by atoms with Gasteiger partial charge < -0.3 is 4.74 Å². The number of nitrogens with one attached hydrogen (secondary N) is 1. The quantitative estimate of drug-likeness (QED) is 0.837. The number of rotatable bonds is 6. The van der Waals surface area contributed by atoms with Crippen molar-refractivity contribution >= 4 is 0 Å². The molecule has 1 saturated carbocycles. The summed E-state index contributed by atoms with van der Waals surface area (Å²) in [6, 6.07) is 10.9. The highest BCUT2D eigenvalue weighted by Crippen LogP contribution is 2.24. The van der Waals surface area contributed by atoms with E-state index in [0.717, 1.165) is 5.75 Å². The molecule has 1 unspecified atom stereocenters. The van der Waals surface area contributed by atoms with E-state index in [1.807, 2.05) is 31.2 Å². The van der Waals surface area contributed by atoms with E-state index in [1.54, 1.807) is 0 Å². The second-order valence-corrected chi connectivity index (χ2v) is 5.27. The third-order valence-electron chi connectivity index (χ3n) is 3.24. The van der Waals surface area contributed by atoms with Crippen LogP contribution in [0.5, 0.6) is 5.75 Å². The number of hydrogen-bond donors (Lipinski definition) is 1. The van der Waals surface area contributed by atoms with Gasteiger partial charge in [-0.1, -0.05) is 17.7 Å². The van der Waals surface area contributed by atoms with Crippen LogP contribution in [0.2, 0.25) is 0 Å². The maximum atomic E-state index is 9.23. The normalized spacial score (nSPS) is 17.8. The first kappa shape index (κ1) is 12.9. The average molecular weight is 244 g/mol. The first-order valence-electron chi connectivity index (χ1n) is 6.50. The van der Waals surface area contributed by atoms with Crippen LogP contribution in [0.3, 0.4) is 0 Å². The molecular weight excluding hydrogens is 224 g/mol. The lowest BCUT2D eigenvalue weighted by atomic mass is 10.0. The summed E-state index contributed by atoms with van der Waals surface area (Å²) in [5.41, 5.74) is 0.755. The van der Waals surface area contributed by atoms with Crippen LogP contribution in [0.25, 0.3) is 0 Å². The van der Waals surface area contributed by atoms with E-state index < -0.39 is 5.54 Å². The summed E-state index contributed by atoms with van der Waals surface area (Å²) in [5.74, 6) is 0.868. The van der Waals surface area contributed by atoms with Crippen LogP contribution in [-0.2, 0) is 0 Å². The number of nitrogens with zero attached hydrogens (tertiary/aromatic N) is 1. The third-order valence-corrected chi connectivity index (χ3v) is 3.24. The van der Waals surface area contributed by atoms with Gasteiger partial charge in [0.2, 0.25) is 0 Å². The fourth-order valence-electron chi connectivity index (χ4n) is 1.85. The second kappa shape index (κ2) is 5.41. The van der Waals surface area contributed by atoms with Crippen LogP contribution < -0.4 is 10.1 Å². The zero-order chi connectivity index (χ0) is 13.0. The summed E-state index contributed by atoms with van der Waals surface area (Å²) < 4.78 is 5.67. The number of hydrogen-bond acceptors (Lipinski definition) is 3. The lowest BCUT2D eigenvalue weighted by Gasteiger charge is -2.23. The van der Waals surface area contributed by atoms with Gasteiger partial charge >= 0.3 is 0 Å². The molecule has 1 aliphatic rings. The molecule has 0 aromatic heterocycles. The van der Waals surface area contributed by atoms with Gasteiger partial charge in [0, 0.05) is 12.5 Å². The SMILES string of the molecule is Cc1ccc(OCCC(C)(C#N)NC2CC2)cc1. The van der Waals surface area contributed by atoms with Gasteiger partial charge in [0.25, 0.3) is 0 Å². The van der Waals surface area contributed by atoms with Crippen molar-refractivity contribution in [3.05, 3.63) is 29.8 Å². The van der Waals surface area contributed by atoms with E-state index in [9.17, 15) is 5.26 Å². The average Bonchev–Trinajstić information content (AvgIpc) is 3.15. The molecule has 1 aromatic carbocycles. The molecule has 3 heteroatoms. The van der Waals surface area contributed by atoms with Gasteiger partial charge in [0.15, 0.2) is 0 Å². The first-order valence-corrected chi connectivity index (χ1v) is 6.50. The minimum atomic E-state index is -0.466. The molecule has 3 nitrogen and oxygen atoms in total. The van der Waals surface area contributed by atoms with Crippen LogP contribution in [0.4, 0.5) is 0 Å². The Kier molecular flexibility index (Phi) is 3.88. The molecule has 1 aliphatic carbocycles.